The van der Waals surface area contributed by atoms with Crippen molar-refractivity contribution in [2.45, 2.75) is 19.9 Å². The monoisotopic (exact) mass is 405 g/mol. The Bertz CT molecular complexity index is 703. The number of rotatable bonds is 7. The molecule has 4 rings (SSSR count). The number of nitrogens with zero attached hydrogens (tertiary/aromatic N) is 6. The number of amides is 1. The Kier molecular flexibility index (Phi) is 6.19. The van der Waals surface area contributed by atoms with Crippen molar-refractivity contribution in [1.82, 2.24) is 34.8 Å². The summed E-state index contributed by atoms with van der Waals surface area (Å²) in [5, 5.41) is 7.35. The highest BCUT2D eigenvalue weighted by Crippen LogP contribution is 2.43. The number of aromatic nitrogens is 3. The van der Waals surface area contributed by atoms with Crippen molar-refractivity contribution in [2.24, 2.45) is 11.3 Å². The van der Waals surface area contributed by atoms with Crippen LogP contribution in [0.2, 0.25) is 0 Å². The van der Waals surface area contributed by atoms with E-state index in [1.165, 1.54) is 0 Å². The van der Waals surface area contributed by atoms with Gasteiger partial charge in [0.05, 0.1) is 26.3 Å². The minimum absolute atomic E-state index is 0.137. The lowest BCUT2D eigenvalue weighted by molar-refractivity contribution is -0.133. The molecule has 3 fully saturated rings. The summed E-state index contributed by atoms with van der Waals surface area (Å²) in [6.07, 6.45) is 0.851. The summed E-state index contributed by atoms with van der Waals surface area (Å²) in [4.78, 5) is 26.6. The molecule has 1 N–H and O–H groups in total. The predicted molar refractivity (Wildman–Crippen MR) is 109 cm³/mol. The van der Waals surface area contributed by atoms with E-state index < -0.39 is 0 Å². The normalized spacial score (nSPS) is 28.4. The van der Waals surface area contributed by atoms with Crippen LogP contribution in [0.3, 0.4) is 0 Å². The van der Waals surface area contributed by atoms with Crippen LogP contribution in [-0.4, -0.2) is 120 Å². The van der Waals surface area contributed by atoms with Crippen molar-refractivity contribution in [2.75, 3.05) is 79.7 Å². The van der Waals surface area contributed by atoms with Crippen LogP contribution in [0.25, 0.3) is 0 Å². The van der Waals surface area contributed by atoms with Gasteiger partial charge in [-0.3, -0.25) is 19.7 Å². The van der Waals surface area contributed by atoms with Crippen LogP contribution < -0.4 is 0 Å². The fourth-order valence-corrected chi connectivity index (χ4v) is 5.28. The highest BCUT2D eigenvalue weighted by molar-refractivity contribution is 5.78. The Morgan fingerprint density at radius 2 is 2.03 bits per heavy atom. The van der Waals surface area contributed by atoms with Crippen LogP contribution >= 0.6 is 0 Å². The van der Waals surface area contributed by atoms with Gasteiger partial charge in [0, 0.05) is 57.6 Å². The second-order valence-electron chi connectivity index (χ2n) is 9.18. The molecule has 29 heavy (non-hydrogen) atoms. The second-order valence-corrected chi connectivity index (χ2v) is 9.18. The first-order chi connectivity index (χ1) is 14.0. The van der Waals surface area contributed by atoms with E-state index >= 15 is 0 Å². The smallest absolute Gasteiger partial charge is 0.236 e. The maximum atomic E-state index is 13.0. The first-order valence-corrected chi connectivity index (χ1v) is 10.8. The SMILES string of the molecule is CCc1n[nH]c(CN2C[C@H]3CN(C(=O)CN4CCOCC4)C[C@@]3(CN(C)C)C2)n1. The molecule has 0 saturated carbocycles. The molecule has 1 aromatic heterocycles. The molecule has 3 aliphatic heterocycles. The van der Waals surface area contributed by atoms with Gasteiger partial charge < -0.3 is 14.5 Å². The third-order valence-electron chi connectivity index (χ3n) is 6.54. The van der Waals surface area contributed by atoms with Crippen LogP contribution in [0.1, 0.15) is 18.6 Å². The molecule has 0 radical (unpaired) electrons. The van der Waals surface area contributed by atoms with Crippen LogP contribution in [0.5, 0.6) is 0 Å². The molecule has 0 spiro atoms. The zero-order valence-corrected chi connectivity index (χ0v) is 18.1. The number of hydrogen-bond acceptors (Lipinski definition) is 7. The van der Waals surface area contributed by atoms with Gasteiger partial charge in [-0.2, -0.15) is 5.10 Å². The molecule has 0 aromatic carbocycles. The highest BCUT2D eigenvalue weighted by Gasteiger charge is 2.53. The summed E-state index contributed by atoms with van der Waals surface area (Å²) < 4.78 is 5.41. The molecule has 0 unspecified atom stereocenters. The molecule has 0 aliphatic carbocycles. The topological polar surface area (TPSA) is 80.8 Å². The van der Waals surface area contributed by atoms with Gasteiger partial charge in [0.2, 0.25) is 5.91 Å². The van der Waals surface area contributed by atoms with Crippen LogP contribution in [0.15, 0.2) is 0 Å². The Morgan fingerprint density at radius 3 is 2.72 bits per heavy atom. The molecule has 162 valence electrons. The summed E-state index contributed by atoms with van der Waals surface area (Å²) in [6.45, 7) is 11.3. The lowest BCUT2D eigenvalue weighted by Crippen LogP contribution is -2.46. The maximum absolute atomic E-state index is 13.0. The van der Waals surface area contributed by atoms with Gasteiger partial charge in [-0.25, -0.2) is 4.98 Å². The van der Waals surface area contributed by atoms with Gasteiger partial charge in [-0.1, -0.05) is 6.92 Å². The molecule has 2 atom stereocenters. The van der Waals surface area contributed by atoms with E-state index in [9.17, 15) is 4.79 Å². The van der Waals surface area contributed by atoms with Crippen LogP contribution in [0, 0.1) is 11.3 Å². The molecule has 9 heteroatoms. The number of hydrogen-bond donors (Lipinski definition) is 1. The summed E-state index contributed by atoms with van der Waals surface area (Å²) in [5.74, 6) is 2.60. The lowest BCUT2D eigenvalue weighted by atomic mass is 9.80. The number of aromatic amines is 1. The van der Waals surface area contributed by atoms with E-state index in [0.29, 0.717) is 12.5 Å². The van der Waals surface area contributed by atoms with E-state index in [2.05, 4.69) is 55.8 Å². The van der Waals surface area contributed by atoms with E-state index in [1.54, 1.807) is 0 Å². The molecule has 4 heterocycles. The van der Waals surface area contributed by atoms with E-state index in [4.69, 9.17) is 4.74 Å². The van der Waals surface area contributed by atoms with Crippen LogP contribution in [0.4, 0.5) is 0 Å². The third kappa shape index (κ3) is 4.63. The number of morpholine rings is 1. The van der Waals surface area contributed by atoms with Crippen molar-refractivity contribution >= 4 is 5.91 Å². The summed E-state index contributed by atoms with van der Waals surface area (Å²) in [6, 6.07) is 0. The molecular weight excluding hydrogens is 370 g/mol. The molecular formula is C20H35N7O2. The molecule has 0 bridgehead atoms. The number of carbonyl (C=O) groups is 1. The minimum Gasteiger partial charge on any atom is -0.379 e. The van der Waals surface area contributed by atoms with Crippen molar-refractivity contribution in [3.05, 3.63) is 11.6 Å². The van der Waals surface area contributed by atoms with Gasteiger partial charge in [-0.05, 0) is 20.0 Å². The van der Waals surface area contributed by atoms with Gasteiger partial charge >= 0.3 is 0 Å². The van der Waals surface area contributed by atoms with Crippen molar-refractivity contribution in [1.29, 1.82) is 0 Å². The number of carbonyl (C=O) groups excluding carboxylic acids is 1. The van der Waals surface area contributed by atoms with Crippen molar-refractivity contribution < 1.29 is 9.53 Å². The van der Waals surface area contributed by atoms with Gasteiger partial charge in [-0.15, -0.1) is 0 Å². The number of fused-ring (bicyclic) bond motifs is 1. The van der Waals surface area contributed by atoms with Gasteiger partial charge in [0.15, 0.2) is 0 Å². The first-order valence-electron chi connectivity index (χ1n) is 10.8. The summed E-state index contributed by atoms with van der Waals surface area (Å²) >= 11 is 0. The molecule has 3 aliphatic rings. The average molecular weight is 406 g/mol. The maximum Gasteiger partial charge on any atom is 0.236 e. The fourth-order valence-electron chi connectivity index (χ4n) is 5.28. The van der Waals surface area contributed by atoms with E-state index in [1.807, 2.05) is 0 Å². The standard InChI is InChI=1S/C20H35N7O2/c1-4-17-21-18(23-22-17)11-26-9-16-10-27(15-20(16,14-26)13-24(2)3)19(28)12-25-5-7-29-8-6-25/h16H,4-15H2,1-3H3,(H,21,22,23)/t16-,20+/m0/s1. The number of likely N-dealkylation sites (tertiary alicyclic amines) is 2. The molecule has 1 amide bonds. The third-order valence-corrected chi connectivity index (χ3v) is 6.54. The second kappa shape index (κ2) is 8.67. The van der Waals surface area contributed by atoms with Gasteiger partial charge in [0.1, 0.15) is 11.6 Å². The molecule has 1 aromatic rings. The lowest BCUT2D eigenvalue weighted by Gasteiger charge is -2.33. The zero-order chi connectivity index (χ0) is 20.4. The Balaban J connectivity index is 1.39. The number of ether oxygens (including phenoxy) is 1. The molecule has 3 saturated heterocycles. The van der Waals surface area contributed by atoms with E-state index in [0.717, 1.165) is 83.6 Å². The minimum atomic E-state index is 0.137. The van der Waals surface area contributed by atoms with Crippen LogP contribution in [-0.2, 0) is 22.5 Å². The van der Waals surface area contributed by atoms with Crippen molar-refractivity contribution in [3.63, 3.8) is 0 Å². The average Bonchev–Trinajstić information content (AvgIpc) is 3.34. The van der Waals surface area contributed by atoms with E-state index in [-0.39, 0.29) is 11.3 Å². The molecule has 9 nitrogen and oxygen atoms in total. The number of nitrogens with one attached hydrogen (secondary N) is 1. The largest absolute Gasteiger partial charge is 0.379 e. The highest BCUT2D eigenvalue weighted by atomic mass is 16.5. The summed E-state index contributed by atoms with van der Waals surface area (Å²) in [5.41, 5.74) is 0.137. The first kappa shape index (κ1) is 20.7. The Morgan fingerprint density at radius 1 is 1.24 bits per heavy atom. The van der Waals surface area contributed by atoms with Crippen molar-refractivity contribution in [3.8, 4) is 0 Å². The Hall–Kier alpha value is -1.55. The van der Waals surface area contributed by atoms with Gasteiger partial charge in [0.25, 0.3) is 0 Å². The predicted octanol–water partition coefficient (Wildman–Crippen LogP) is -0.479. The quantitative estimate of drug-likeness (QED) is 0.656. The number of aryl methyl sites for hydroxylation is 1. The Labute approximate surface area is 173 Å². The summed E-state index contributed by atoms with van der Waals surface area (Å²) in [7, 11) is 4.27. The zero-order valence-electron chi connectivity index (χ0n) is 18.1. The number of H-pyrrole nitrogens is 1. The fraction of sp³-hybridized carbons (Fsp3) is 0.850.